The highest BCUT2D eigenvalue weighted by molar-refractivity contribution is 6.31. The number of rotatable bonds is 1. The number of allylic oxidation sites excluding steroid dienone is 2. The quantitative estimate of drug-likeness (QED) is 0.688. The van der Waals surface area contributed by atoms with E-state index < -0.39 is 0 Å². The van der Waals surface area contributed by atoms with Gasteiger partial charge in [-0.2, -0.15) is 0 Å². The van der Waals surface area contributed by atoms with Gasteiger partial charge in [0.25, 0.3) is 0 Å². The molecule has 0 aliphatic heterocycles. The molecule has 2 rings (SSSR count). The summed E-state index contributed by atoms with van der Waals surface area (Å²) in [4.78, 5) is 11.6. The summed E-state index contributed by atoms with van der Waals surface area (Å²) >= 11 is 5.87. The number of carbonyl (C=O) groups excluding carboxylic acids is 1. The van der Waals surface area contributed by atoms with Crippen molar-refractivity contribution in [1.29, 1.82) is 0 Å². The number of benzene rings is 1. The molecule has 0 aromatic heterocycles. The molecule has 0 radical (unpaired) electrons. The van der Waals surface area contributed by atoms with Gasteiger partial charge < -0.3 is 0 Å². The van der Waals surface area contributed by atoms with Crippen LogP contribution in [0.4, 0.5) is 0 Å². The van der Waals surface area contributed by atoms with Gasteiger partial charge in [0.2, 0.25) is 0 Å². The van der Waals surface area contributed by atoms with Crippen molar-refractivity contribution in [3.05, 3.63) is 40.9 Å². The fraction of sp³-hybridized carbons (Fsp3) is 0.250. The first-order valence-corrected chi connectivity index (χ1v) is 5.14. The van der Waals surface area contributed by atoms with Crippen LogP contribution in [-0.2, 0) is 4.79 Å². The maximum atomic E-state index is 11.6. The van der Waals surface area contributed by atoms with Gasteiger partial charge in [0, 0.05) is 17.0 Å². The minimum atomic E-state index is 0.235. The zero-order chi connectivity index (χ0) is 9.97. The van der Waals surface area contributed by atoms with Crippen LogP contribution in [0.1, 0.15) is 24.8 Å². The van der Waals surface area contributed by atoms with Gasteiger partial charge >= 0.3 is 0 Å². The monoisotopic (exact) mass is 206 g/mol. The van der Waals surface area contributed by atoms with E-state index >= 15 is 0 Å². The lowest BCUT2D eigenvalue weighted by atomic mass is 9.93. The first-order chi connectivity index (χ1) is 6.77. The van der Waals surface area contributed by atoms with E-state index in [2.05, 4.69) is 0 Å². The molecule has 0 N–H and O–H groups in total. The Bertz CT molecular complexity index is 393. The Labute approximate surface area is 88.4 Å². The minimum Gasteiger partial charge on any atom is -0.294 e. The van der Waals surface area contributed by atoms with E-state index in [1.165, 1.54) is 0 Å². The summed E-state index contributed by atoms with van der Waals surface area (Å²) in [6.45, 7) is 0. The number of hydrogen-bond donors (Lipinski definition) is 0. The largest absolute Gasteiger partial charge is 0.294 e. The van der Waals surface area contributed by atoms with Gasteiger partial charge in [-0.3, -0.25) is 4.79 Å². The summed E-state index contributed by atoms with van der Waals surface area (Å²) < 4.78 is 0. The van der Waals surface area contributed by atoms with Crippen LogP contribution in [0.15, 0.2) is 30.3 Å². The topological polar surface area (TPSA) is 17.1 Å². The van der Waals surface area contributed by atoms with Gasteiger partial charge in [0.05, 0.1) is 0 Å². The van der Waals surface area contributed by atoms with Gasteiger partial charge in [-0.1, -0.05) is 29.8 Å². The van der Waals surface area contributed by atoms with Crippen LogP contribution < -0.4 is 0 Å². The molecule has 1 aromatic rings. The van der Waals surface area contributed by atoms with Crippen molar-refractivity contribution in [2.24, 2.45) is 0 Å². The van der Waals surface area contributed by atoms with Crippen LogP contribution in [0.25, 0.3) is 5.57 Å². The molecule has 1 aliphatic carbocycles. The molecule has 1 aromatic carbocycles. The second-order valence-electron chi connectivity index (χ2n) is 3.44. The summed E-state index contributed by atoms with van der Waals surface area (Å²) in [6, 6.07) is 7.47. The standard InChI is InChI=1S/C12H11ClO/c13-10-5-3-4-9(8-10)11-6-1-2-7-12(11)14/h3-6,8H,1-2,7H2. The van der Waals surface area contributed by atoms with Gasteiger partial charge in [0.15, 0.2) is 5.78 Å². The molecule has 1 nitrogen and oxygen atoms in total. The highest BCUT2D eigenvalue weighted by Gasteiger charge is 2.14. The van der Waals surface area contributed by atoms with Crippen LogP contribution in [0, 0.1) is 0 Å². The van der Waals surface area contributed by atoms with E-state index in [9.17, 15) is 4.79 Å². The van der Waals surface area contributed by atoms with Crippen LogP contribution in [0.2, 0.25) is 5.02 Å². The predicted molar refractivity (Wildman–Crippen MR) is 58.3 cm³/mol. The lowest BCUT2D eigenvalue weighted by Gasteiger charge is -2.11. The third kappa shape index (κ3) is 1.88. The third-order valence-corrected chi connectivity index (χ3v) is 2.63. The van der Waals surface area contributed by atoms with Crippen LogP contribution in [-0.4, -0.2) is 5.78 Å². The molecular weight excluding hydrogens is 196 g/mol. The second kappa shape index (κ2) is 3.97. The molecule has 0 heterocycles. The Hall–Kier alpha value is -1.08. The van der Waals surface area contributed by atoms with E-state index in [1.807, 2.05) is 30.3 Å². The predicted octanol–water partition coefficient (Wildman–Crippen LogP) is 3.48. The number of hydrogen-bond acceptors (Lipinski definition) is 1. The lowest BCUT2D eigenvalue weighted by molar-refractivity contribution is -0.114. The molecule has 0 atom stereocenters. The number of halogens is 1. The molecule has 0 bridgehead atoms. The maximum absolute atomic E-state index is 11.6. The molecule has 0 saturated carbocycles. The molecule has 0 spiro atoms. The highest BCUT2D eigenvalue weighted by Crippen LogP contribution is 2.25. The molecule has 0 saturated heterocycles. The smallest absolute Gasteiger partial charge is 0.163 e. The SMILES string of the molecule is O=C1CCCC=C1c1cccc(Cl)c1. The number of Topliss-reactive ketones (excluding diaryl/α,β-unsaturated/α-hetero) is 1. The van der Waals surface area contributed by atoms with E-state index in [4.69, 9.17) is 11.6 Å². The number of carbonyl (C=O) groups is 1. The minimum absolute atomic E-state index is 0.235. The summed E-state index contributed by atoms with van der Waals surface area (Å²) in [7, 11) is 0. The Balaban J connectivity index is 2.39. The molecule has 2 heteroatoms. The Morgan fingerprint density at radius 2 is 2.14 bits per heavy atom. The van der Waals surface area contributed by atoms with Crippen molar-refractivity contribution < 1.29 is 4.79 Å². The van der Waals surface area contributed by atoms with Crippen molar-refractivity contribution >= 4 is 23.0 Å². The normalized spacial score (nSPS) is 16.6. The van der Waals surface area contributed by atoms with Crippen molar-refractivity contribution in [2.75, 3.05) is 0 Å². The average molecular weight is 207 g/mol. The first-order valence-electron chi connectivity index (χ1n) is 4.76. The lowest BCUT2D eigenvalue weighted by Crippen LogP contribution is -2.05. The Morgan fingerprint density at radius 1 is 1.29 bits per heavy atom. The highest BCUT2D eigenvalue weighted by atomic mass is 35.5. The van der Waals surface area contributed by atoms with E-state index in [0.717, 1.165) is 24.0 Å². The second-order valence-corrected chi connectivity index (χ2v) is 3.88. The molecule has 14 heavy (non-hydrogen) atoms. The van der Waals surface area contributed by atoms with Crippen LogP contribution in [0.5, 0.6) is 0 Å². The van der Waals surface area contributed by atoms with E-state index in [-0.39, 0.29) is 5.78 Å². The first kappa shape index (κ1) is 9.47. The van der Waals surface area contributed by atoms with Crippen LogP contribution in [0.3, 0.4) is 0 Å². The molecule has 0 amide bonds. The summed E-state index contributed by atoms with van der Waals surface area (Å²) in [6.07, 6.45) is 4.65. The molecule has 0 fully saturated rings. The molecule has 1 aliphatic rings. The Morgan fingerprint density at radius 3 is 2.86 bits per heavy atom. The summed E-state index contributed by atoms with van der Waals surface area (Å²) in [5, 5.41) is 0.682. The van der Waals surface area contributed by atoms with Gasteiger partial charge in [-0.05, 0) is 30.5 Å². The van der Waals surface area contributed by atoms with Crippen LogP contribution >= 0.6 is 11.6 Å². The summed E-state index contributed by atoms with van der Waals surface area (Å²) in [5.74, 6) is 0.235. The zero-order valence-corrected chi connectivity index (χ0v) is 8.55. The maximum Gasteiger partial charge on any atom is 0.163 e. The zero-order valence-electron chi connectivity index (χ0n) is 7.79. The van der Waals surface area contributed by atoms with Crippen molar-refractivity contribution in [3.8, 4) is 0 Å². The fourth-order valence-corrected chi connectivity index (χ4v) is 1.88. The molecule has 0 unspecified atom stereocenters. The van der Waals surface area contributed by atoms with Gasteiger partial charge in [-0.15, -0.1) is 0 Å². The van der Waals surface area contributed by atoms with Crippen molar-refractivity contribution in [3.63, 3.8) is 0 Å². The summed E-state index contributed by atoms with van der Waals surface area (Å²) in [5.41, 5.74) is 1.78. The average Bonchev–Trinajstić information content (AvgIpc) is 2.18. The van der Waals surface area contributed by atoms with Gasteiger partial charge in [-0.25, -0.2) is 0 Å². The third-order valence-electron chi connectivity index (χ3n) is 2.39. The molecular formula is C12H11ClO. The fourth-order valence-electron chi connectivity index (χ4n) is 1.69. The molecule has 72 valence electrons. The van der Waals surface area contributed by atoms with Crippen molar-refractivity contribution in [1.82, 2.24) is 0 Å². The van der Waals surface area contributed by atoms with E-state index in [0.29, 0.717) is 11.4 Å². The Kier molecular flexibility index (Phi) is 2.69. The van der Waals surface area contributed by atoms with Crippen molar-refractivity contribution in [2.45, 2.75) is 19.3 Å². The van der Waals surface area contributed by atoms with Gasteiger partial charge in [0.1, 0.15) is 0 Å². The number of ketones is 1. The van der Waals surface area contributed by atoms with E-state index in [1.54, 1.807) is 0 Å².